The molecule has 0 radical (unpaired) electrons. The maximum absolute atomic E-state index is 14.8. The molecule has 0 saturated carbocycles. The summed E-state index contributed by atoms with van der Waals surface area (Å²) in [6.45, 7) is 0.420. The van der Waals surface area contributed by atoms with Crippen LogP contribution >= 0.6 is 7.52 Å². The largest absolute Gasteiger partial charge is 0.497 e. The Kier molecular flexibility index (Phi) is 8.24. The van der Waals surface area contributed by atoms with Gasteiger partial charge in [-0.05, 0) is 64.9 Å². The van der Waals surface area contributed by atoms with Gasteiger partial charge < -0.3 is 9.26 Å². The predicted octanol–water partition coefficient (Wildman–Crippen LogP) is 5.37. The number of carbonyl (C=O) groups is 1. The number of nitrogens with one attached hydrogen (secondary N) is 1. The average Bonchev–Trinajstić information content (AvgIpc) is 3.00. The minimum absolute atomic E-state index is 0.180. The third-order valence-corrected chi connectivity index (χ3v) is 9.67. The van der Waals surface area contributed by atoms with Crippen molar-refractivity contribution in [2.75, 3.05) is 13.7 Å². The third kappa shape index (κ3) is 5.82. The molecule has 0 fully saturated rings. The molecule has 1 unspecified atom stereocenters. The molecule has 4 aromatic carbocycles. The van der Waals surface area contributed by atoms with Crippen molar-refractivity contribution >= 4 is 18.7 Å². The van der Waals surface area contributed by atoms with Crippen molar-refractivity contribution in [3.63, 3.8) is 0 Å². The molecule has 7 nitrogen and oxygen atoms in total. The van der Waals surface area contributed by atoms with Gasteiger partial charge in [0.2, 0.25) is 0 Å². The van der Waals surface area contributed by atoms with Crippen LogP contribution in [0.3, 0.4) is 0 Å². The molecule has 5 rings (SSSR count). The summed E-state index contributed by atoms with van der Waals surface area (Å²) in [6, 6.07) is 32.1. The van der Waals surface area contributed by atoms with Crippen LogP contribution in [0, 0.1) is 0 Å². The number of fused-ring (bicyclic) bond motifs is 1. The molecule has 0 saturated heterocycles. The van der Waals surface area contributed by atoms with Crippen molar-refractivity contribution in [1.29, 1.82) is 0 Å². The summed E-state index contributed by atoms with van der Waals surface area (Å²) >= 11 is 0. The van der Waals surface area contributed by atoms with Gasteiger partial charge in [0.1, 0.15) is 11.8 Å². The minimum atomic E-state index is -3.74. The molecule has 200 valence electrons. The van der Waals surface area contributed by atoms with Crippen LogP contribution in [0.25, 0.3) is 11.1 Å². The van der Waals surface area contributed by atoms with E-state index in [1.165, 1.54) is 0 Å². The Morgan fingerprint density at radius 3 is 2.21 bits per heavy atom. The number of methoxy groups -OCH3 is 1. The molecule has 0 spiro atoms. The summed E-state index contributed by atoms with van der Waals surface area (Å²) < 4.78 is 28.0. The van der Waals surface area contributed by atoms with Crippen LogP contribution in [-0.4, -0.2) is 35.5 Å². The summed E-state index contributed by atoms with van der Waals surface area (Å²) in [5.74, 6) is -0.00390. The fraction of sp³-hybridized carbons (Fsp3) is 0.194. The highest BCUT2D eigenvalue weighted by Gasteiger charge is 2.44. The quantitative estimate of drug-likeness (QED) is 0.168. The van der Waals surface area contributed by atoms with E-state index in [4.69, 9.17) is 9.26 Å². The zero-order valence-electron chi connectivity index (χ0n) is 21.7. The first-order chi connectivity index (χ1) is 19.0. The smallest absolute Gasteiger partial charge is 0.303 e. The molecular weight excluding hydrogens is 511 g/mol. The van der Waals surface area contributed by atoms with E-state index in [1.54, 1.807) is 41.5 Å². The average molecular weight is 543 g/mol. The van der Waals surface area contributed by atoms with Gasteiger partial charge in [0.25, 0.3) is 5.91 Å². The van der Waals surface area contributed by atoms with Crippen LogP contribution in [0.5, 0.6) is 5.75 Å². The van der Waals surface area contributed by atoms with Gasteiger partial charge in [0.15, 0.2) is 0 Å². The van der Waals surface area contributed by atoms with Crippen molar-refractivity contribution in [2.45, 2.75) is 25.4 Å². The molecule has 8 heteroatoms. The number of rotatable bonds is 9. The lowest BCUT2D eigenvalue weighted by molar-refractivity contribution is -0.133. The van der Waals surface area contributed by atoms with E-state index in [1.807, 2.05) is 54.6 Å². The Balaban J connectivity index is 1.42. The molecule has 1 heterocycles. The van der Waals surface area contributed by atoms with E-state index in [0.29, 0.717) is 23.9 Å². The van der Waals surface area contributed by atoms with E-state index in [0.717, 1.165) is 27.8 Å². The number of hydrogen-bond donors (Lipinski definition) is 2. The number of amides is 1. The number of carbonyl (C=O) groups excluding carboxylic acids is 1. The Labute approximate surface area is 228 Å². The van der Waals surface area contributed by atoms with Crippen LogP contribution in [0.4, 0.5) is 0 Å². The van der Waals surface area contributed by atoms with Crippen molar-refractivity contribution in [3.8, 4) is 16.9 Å². The van der Waals surface area contributed by atoms with Crippen molar-refractivity contribution in [2.24, 2.45) is 0 Å². The van der Waals surface area contributed by atoms with E-state index in [9.17, 15) is 14.6 Å². The second-order valence-corrected chi connectivity index (χ2v) is 11.8. The third-order valence-electron chi connectivity index (χ3n) is 7.09. The van der Waals surface area contributed by atoms with Gasteiger partial charge in [0, 0.05) is 6.54 Å². The molecule has 39 heavy (non-hydrogen) atoms. The zero-order valence-corrected chi connectivity index (χ0v) is 22.6. The molecular formula is C31H31N2O5P. The lowest BCUT2D eigenvalue weighted by Crippen LogP contribution is -2.49. The van der Waals surface area contributed by atoms with Crippen LogP contribution in [0.1, 0.15) is 16.7 Å². The standard InChI is InChI=1S/C31H31N2O5P/c1-37-28-15-17-29(18-16-28)39(36,33-22-27-10-6-5-9-26(27)21-30(33)31(34)32-35)38-20-19-23-11-13-25(14-12-23)24-7-3-2-4-8-24/h2-18,30,35H,19-22H2,1H3,(H,32,34)/t30-,39?/m1/s1. The number of hydrogen-bond acceptors (Lipinski definition) is 5. The van der Waals surface area contributed by atoms with Crippen molar-refractivity contribution in [1.82, 2.24) is 10.2 Å². The van der Waals surface area contributed by atoms with Gasteiger partial charge in [0.05, 0.1) is 19.0 Å². The van der Waals surface area contributed by atoms with Gasteiger partial charge in [-0.15, -0.1) is 0 Å². The van der Waals surface area contributed by atoms with Crippen molar-refractivity contribution in [3.05, 3.63) is 120 Å². The summed E-state index contributed by atoms with van der Waals surface area (Å²) in [5.41, 5.74) is 7.01. The molecule has 1 aliphatic heterocycles. The molecule has 0 aromatic heterocycles. The highest BCUT2D eigenvalue weighted by molar-refractivity contribution is 7.64. The van der Waals surface area contributed by atoms with Gasteiger partial charge in [-0.25, -0.2) is 10.2 Å². The normalized spacial score (nSPS) is 16.6. The van der Waals surface area contributed by atoms with E-state index in [-0.39, 0.29) is 13.2 Å². The highest BCUT2D eigenvalue weighted by atomic mass is 31.2. The second-order valence-electron chi connectivity index (χ2n) is 9.43. The van der Waals surface area contributed by atoms with Crippen LogP contribution in [0.15, 0.2) is 103 Å². The fourth-order valence-corrected chi connectivity index (χ4v) is 7.29. The Hall–Kier alpha value is -3.74. The first-order valence-corrected chi connectivity index (χ1v) is 14.4. The van der Waals surface area contributed by atoms with Gasteiger partial charge in [-0.3, -0.25) is 14.6 Å². The van der Waals surface area contributed by atoms with Crippen molar-refractivity contribution < 1.29 is 23.8 Å². The molecule has 2 atom stereocenters. The lowest BCUT2D eigenvalue weighted by Gasteiger charge is -2.39. The van der Waals surface area contributed by atoms with E-state index >= 15 is 0 Å². The first kappa shape index (κ1) is 26.9. The Morgan fingerprint density at radius 2 is 1.54 bits per heavy atom. The lowest BCUT2D eigenvalue weighted by atomic mass is 9.95. The summed E-state index contributed by atoms with van der Waals surface area (Å²) in [6.07, 6.45) is 0.837. The molecule has 2 N–H and O–H groups in total. The highest BCUT2D eigenvalue weighted by Crippen LogP contribution is 2.54. The maximum Gasteiger partial charge on any atom is 0.303 e. The van der Waals surface area contributed by atoms with Gasteiger partial charge in [-0.1, -0.05) is 78.9 Å². The first-order valence-electron chi connectivity index (χ1n) is 12.8. The van der Waals surface area contributed by atoms with Crippen LogP contribution in [0.2, 0.25) is 0 Å². The molecule has 1 amide bonds. The van der Waals surface area contributed by atoms with Gasteiger partial charge >= 0.3 is 7.52 Å². The van der Waals surface area contributed by atoms with Gasteiger partial charge in [-0.2, -0.15) is 0 Å². The summed E-state index contributed by atoms with van der Waals surface area (Å²) in [4.78, 5) is 12.8. The summed E-state index contributed by atoms with van der Waals surface area (Å²) in [7, 11) is -2.18. The van der Waals surface area contributed by atoms with Crippen LogP contribution in [-0.2, 0) is 33.3 Å². The number of hydroxylamine groups is 1. The Morgan fingerprint density at radius 1 is 0.897 bits per heavy atom. The summed E-state index contributed by atoms with van der Waals surface area (Å²) in [5, 5.41) is 9.97. The minimum Gasteiger partial charge on any atom is -0.497 e. The number of ether oxygens (including phenoxy) is 1. The molecule has 0 aliphatic carbocycles. The van der Waals surface area contributed by atoms with E-state index < -0.39 is 19.5 Å². The van der Waals surface area contributed by atoms with E-state index in [2.05, 4.69) is 24.3 Å². The molecule has 4 aromatic rings. The SMILES string of the molecule is COc1ccc(P(=O)(OCCc2ccc(-c3ccccc3)cc2)N2Cc3ccccc3C[C@@H]2C(=O)NO)cc1. The maximum atomic E-state index is 14.8. The molecule has 0 bridgehead atoms. The topological polar surface area (TPSA) is 88.1 Å². The zero-order chi connectivity index (χ0) is 27.2. The monoisotopic (exact) mass is 542 g/mol. The predicted molar refractivity (Wildman–Crippen MR) is 151 cm³/mol. The second kappa shape index (κ2) is 12.0. The Bertz CT molecular complexity index is 1460. The fourth-order valence-electron chi connectivity index (χ4n) is 4.94. The number of nitrogens with zero attached hydrogens (tertiary/aromatic N) is 1. The van der Waals surface area contributed by atoms with Crippen LogP contribution < -0.4 is 15.5 Å². The molecule has 1 aliphatic rings. The number of benzene rings is 4.